The maximum atomic E-state index is 11.5. The summed E-state index contributed by atoms with van der Waals surface area (Å²) >= 11 is 0. The fraction of sp³-hybridized carbons (Fsp3) is 0.667. The zero-order valence-electron chi connectivity index (χ0n) is 11.0. The van der Waals surface area contributed by atoms with E-state index in [0.29, 0.717) is 12.3 Å². The van der Waals surface area contributed by atoms with E-state index in [4.69, 9.17) is 9.15 Å². The van der Waals surface area contributed by atoms with Crippen LogP contribution in [0.5, 0.6) is 0 Å². The van der Waals surface area contributed by atoms with Crippen molar-refractivity contribution in [2.75, 3.05) is 20.2 Å². The molecule has 108 valence electrons. The van der Waals surface area contributed by atoms with Crippen molar-refractivity contribution < 1.29 is 17.6 Å². The van der Waals surface area contributed by atoms with Gasteiger partial charge < -0.3 is 14.5 Å². The standard InChI is InChI=1S/C12H20N2O4S/c1-13-19(15,16)12-6-5-11(18-12)9-14-8-10-4-2-3-7-17-10/h5-6,10,13-14H,2-4,7-9H2,1H3. The highest BCUT2D eigenvalue weighted by Gasteiger charge is 2.17. The monoisotopic (exact) mass is 288 g/mol. The van der Waals surface area contributed by atoms with Crippen LogP contribution in [0.4, 0.5) is 0 Å². The molecule has 1 atom stereocenters. The van der Waals surface area contributed by atoms with E-state index < -0.39 is 10.0 Å². The summed E-state index contributed by atoms with van der Waals surface area (Å²) in [6.07, 6.45) is 3.67. The zero-order valence-corrected chi connectivity index (χ0v) is 11.8. The van der Waals surface area contributed by atoms with Crippen LogP contribution in [0.2, 0.25) is 0 Å². The molecule has 0 spiro atoms. The Labute approximate surface area is 113 Å². The van der Waals surface area contributed by atoms with Crippen molar-refractivity contribution in [3.05, 3.63) is 17.9 Å². The van der Waals surface area contributed by atoms with E-state index in [9.17, 15) is 8.42 Å². The van der Waals surface area contributed by atoms with E-state index in [-0.39, 0.29) is 11.2 Å². The molecule has 1 saturated heterocycles. The molecule has 1 fully saturated rings. The van der Waals surface area contributed by atoms with Gasteiger partial charge in [0.2, 0.25) is 5.09 Å². The molecule has 0 saturated carbocycles. The Kier molecular flexibility index (Phi) is 4.98. The van der Waals surface area contributed by atoms with E-state index in [1.807, 2.05) is 0 Å². The number of nitrogens with one attached hydrogen (secondary N) is 2. The predicted molar refractivity (Wildman–Crippen MR) is 70.3 cm³/mol. The molecule has 0 radical (unpaired) electrons. The maximum Gasteiger partial charge on any atom is 0.273 e. The van der Waals surface area contributed by atoms with Crippen LogP contribution in [-0.4, -0.2) is 34.7 Å². The van der Waals surface area contributed by atoms with Crippen molar-refractivity contribution in [3.63, 3.8) is 0 Å². The van der Waals surface area contributed by atoms with Gasteiger partial charge >= 0.3 is 0 Å². The van der Waals surface area contributed by atoms with Crippen molar-refractivity contribution in [1.82, 2.24) is 10.0 Å². The number of ether oxygens (including phenoxy) is 1. The highest BCUT2D eigenvalue weighted by molar-refractivity contribution is 7.89. The van der Waals surface area contributed by atoms with Crippen LogP contribution >= 0.6 is 0 Å². The molecule has 7 heteroatoms. The third kappa shape index (κ3) is 4.04. The smallest absolute Gasteiger partial charge is 0.273 e. The zero-order chi connectivity index (χ0) is 13.7. The summed E-state index contributed by atoms with van der Waals surface area (Å²) in [5.74, 6) is 0.602. The van der Waals surface area contributed by atoms with Crippen LogP contribution in [-0.2, 0) is 21.3 Å². The maximum absolute atomic E-state index is 11.5. The first-order chi connectivity index (χ1) is 9.12. The summed E-state index contributed by atoms with van der Waals surface area (Å²) in [5, 5.41) is 3.17. The average Bonchev–Trinajstić information content (AvgIpc) is 2.90. The van der Waals surface area contributed by atoms with Crippen molar-refractivity contribution >= 4 is 10.0 Å². The number of hydrogen-bond acceptors (Lipinski definition) is 5. The second-order valence-corrected chi connectivity index (χ2v) is 6.37. The number of sulfonamides is 1. The highest BCUT2D eigenvalue weighted by atomic mass is 32.2. The molecule has 2 rings (SSSR count). The molecule has 6 nitrogen and oxygen atoms in total. The summed E-state index contributed by atoms with van der Waals surface area (Å²) in [4.78, 5) is 0. The Morgan fingerprint density at radius 3 is 2.89 bits per heavy atom. The van der Waals surface area contributed by atoms with Crippen LogP contribution in [0.25, 0.3) is 0 Å². The Morgan fingerprint density at radius 2 is 2.21 bits per heavy atom. The lowest BCUT2D eigenvalue weighted by Gasteiger charge is -2.22. The summed E-state index contributed by atoms with van der Waals surface area (Å²) in [7, 11) is -2.13. The lowest BCUT2D eigenvalue weighted by atomic mass is 10.1. The van der Waals surface area contributed by atoms with Crippen molar-refractivity contribution in [2.45, 2.75) is 37.0 Å². The summed E-state index contributed by atoms with van der Waals surface area (Å²) < 4.78 is 36.1. The van der Waals surface area contributed by atoms with Crippen molar-refractivity contribution in [1.29, 1.82) is 0 Å². The van der Waals surface area contributed by atoms with Gasteiger partial charge in [0, 0.05) is 13.2 Å². The first kappa shape index (κ1) is 14.5. The minimum Gasteiger partial charge on any atom is -0.447 e. The lowest BCUT2D eigenvalue weighted by molar-refractivity contribution is 0.0165. The molecule has 1 aliphatic rings. The summed E-state index contributed by atoms with van der Waals surface area (Å²) in [5.41, 5.74) is 0. The fourth-order valence-corrected chi connectivity index (χ4v) is 2.69. The molecule has 1 aliphatic heterocycles. The van der Waals surface area contributed by atoms with Gasteiger partial charge in [0.25, 0.3) is 10.0 Å². The third-order valence-electron chi connectivity index (χ3n) is 3.12. The molecule has 1 aromatic rings. The molecule has 1 unspecified atom stereocenters. The van der Waals surface area contributed by atoms with E-state index in [1.54, 1.807) is 6.07 Å². The van der Waals surface area contributed by atoms with Gasteiger partial charge in [0.15, 0.2) is 0 Å². The van der Waals surface area contributed by atoms with E-state index in [2.05, 4.69) is 10.0 Å². The predicted octanol–water partition coefficient (Wildman–Crippen LogP) is 0.846. The van der Waals surface area contributed by atoms with Gasteiger partial charge in [-0.25, -0.2) is 13.1 Å². The van der Waals surface area contributed by atoms with Crippen molar-refractivity contribution in [2.24, 2.45) is 0 Å². The quantitative estimate of drug-likeness (QED) is 0.811. The van der Waals surface area contributed by atoms with Crippen molar-refractivity contribution in [3.8, 4) is 0 Å². The normalized spacial score (nSPS) is 20.6. The summed E-state index contributed by atoms with van der Waals surface area (Å²) in [6, 6.07) is 3.12. The van der Waals surface area contributed by atoms with Gasteiger partial charge in [0.05, 0.1) is 12.6 Å². The van der Waals surface area contributed by atoms with Gasteiger partial charge in [-0.05, 0) is 38.4 Å². The van der Waals surface area contributed by atoms with Crippen LogP contribution in [0.15, 0.2) is 21.6 Å². The molecule has 0 aliphatic carbocycles. The SMILES string of the molecule is CNS(=O)(=O)c1ccc(CNCC2CCCCO2)o1. The van der Waals surface area contributed by atoms with Gasteiger partial charge in [-0.3, -0.25) is 0 Å². The molecule has 0 bridgehead atoms. The molecular weight excluding hydrogens is 268 g/mol. The van der Waals surface area contributed by atoms with E-state index >= 15 is 0 Å². The molecule has 0 amide bonds. The minimum atomic E-state index is -3.49. The lowest BCUT2D eigenvalue weighted by Crippen LogP contribution is -2.31. The molecular formula is C12H20N2O4S. The molecule has 0 aromatic carbocycles. The number of rotatable bonds is 6. The van der Waals surface area contributed by atoms with Gasteiger partial charge in [-0.2, -0.15) is 0 Å². The van der Waals surface area contributed by atoms with Crippen LogP contribution < -0.4 is 10.0 Å². The van der Waals surface area contributed by atoms with Crippen LogP contribution in [0, 0.1) is 0 Å². The Morgan fingerprint density at radius 1 is 1.37 bits per heavy atom. The number of hydrogen-bond donors (Lipinski definition) is 2. The third-order valence-corrected chi connectivity index (χ3v) is 4.40. The average molecular weight is 288 g/mol. The first-order valence-corrected chi connectivity index (χ1v) is 7.95. The largest absolute Gasteiger partial charge is 0.447 e. The fourth-order valence-electron chi connectivity index (χ4n) is 2.02. The summed E-state index contributed by atoms with van der Waals surface area (Å²) in [6.45, 7) is 2.09. The molecule has 2 heterocycles. The van der Waals surface area contributed by atoms with Crippen LogP contribution in [0.3, 0.4) is 0 Å². The minimum absolute atomic E-state index is 0.0549. The second kappa shape index (κ2) is 6.51. The van der Waals surface area contributed by atoms with Crippen LogP contribution in [0.1, 0.15) is 25.0 Å². The molecule has 1 aromatic heterocycles. The van der Waals surface area contributed by atoms with Gasteiger partial charge in [-0.1, -0.05) is 0 Å². The van der Waals surface area contributed by atoms with Gasteiger partial charge in [-0.15, -0.1) is 0 Å². The van der Waals surface area contributed by atoms with E-state index in [0.717, 1.165) is 26.0 Å². The Balaban J connectivity index is 1.80. The van der Waals surface area contributed by atoms with E-state index in [1.165, 1.54) is 19.5 Å². The topological polar surface area (TPSA) is 80.6 Å². The highest BCUT2D eigenvalue weighted by Crippen LogP contribution is 2.14. The Hall–Kier alpha value is -0.890. The Bertz CT molecular complexity index is 492. The first-order valence-electron chi connectivity index (χ1n) is 6.46. The molecule has 19 heavy (non-hydrogen) atoms. The number of furan rings is 1. The van der Waals surface area contributed by atoms with Gasteiger partial charge in [0.1, 0.15) is 5.76 Å². The second-order valence-electron chi connectivity index (χ2n) is 4.55. The molecule has 2 N–H and O–H groups in total.